The van der Waals surface area contributed by atoms with Crippen molar-refractivity contribution in [2.75, 3.05) is 11.4 Å². The van der Waals surface area contributed by atoms with Crippen LogP contribution in [0.4, 0.5) is 5.69 Å². The Balaban J connectivity index is 1.71. The molecular formula is C20H21N5O3S. The van der Waals surface area contributed by atoms with Crippen molar-refractivity contribution in [2.45, 2.75) is 31.2 Å². The lowest BCUT2D eigenvalue weighted by Gasteiger charge is -2.18. The molecule has 2 heterocycles. The fraction of sp³-hybridized carbons (Fsp3) is 0.250. The van der Waals surface area contributed by atoms with Gasteiger partial charge in [0.1, 0.15) is 11.9 Å². The van der Waals surface area contributed by atoms with Crippen LogP contribution in [-0.2, 0) is 21.2 Å². The number of aromatic amines is 1. The summed E-state index contributed by atoms with van der Waals surface area (Å²) >= 11 is 0. The lowest BCUT2D eigenvalue weighted by molar-refractivity contribution is -0.116. The maximum absolute atomic E-state index is 13.2. The fourth-order valence-electron chi connectivity index (χ4n) is 3.48. The van der Waals surface area contributed by atoms with Crippen molar-refractivity contribution in [3.63, 3.8) is 0 Å². The summed E-state index contributed by atoms with van der Waals surface area (Å²) in [6, 6.07) is 13.3. The third-order valence-electron chi connectivity index (χ3n) is 4.92. The zero-order valence-electron chi connectivity index (χ0n) is 16.1. The van der Waals surface area contributed by atoms with Gasteiger partial charge < -0.3 is 4.90 Å². The van der Waals surface area contributed by atoms with Crippen molar-refractivity contribution in [2.24, 2.45) is 0 Å². The van der Waals surface area contributed by atoms with Crippen LogP contribution in [0.5, 0.6) is 0 Å². The van der Waals surface area contributed by atoms with E-state index in [1.807, 2.05) is 30.3 Å². The molecule has 0 aliphatic carbocycles. The second-order valence-corrected chi connectivity index (χ2v) is 8.67. The quantitative estimate of drug-likeness (QED) is 0.668. The Bertz CT molecular complexity index is 1160. The molecule has 4 rings (SSSR count). The van der Waals surface area contributed by atoms with E-state index in [-0.39, 0.29) is 10.8 Å². The van der Waals surface area contributed by atoms with Gasteiger partial charge in [0.05, 0.1) is 4.90 Å². The minimum atomic E-state index is -3.90. The first-order valence-electron chi connectivity index (χ1n) is 9.22. The number of H-pyrrole nitrogens is 1. The van der Waals surface area contributed by atoms with Crippen LogP contribution in [0.2, 0.25) is 0 Å². The van der Waals surface area contributed by atoms with E-state index in [1.54, 1.807) is 30.0 Å². The number of benzene rings is 2. The number of hydrogen-bond acceptors (Lipinski definition) is 5. The highest BCUT2D eigenvalue weighted by Crippen LogP contribution is 2.31. The van der Waals surface area contributed by atoms with Gasteiger partial charge in [0.15, 0.2) is 5.82 Å². The van der Waals surface area contributed by atoms with Crippen LogP contribution < -0.4 is 9.62 Å². The molecule has 1 unspecified atom stereocenters. The zero-order chi connectivity index (χ0) is 20.6. The summed E-state index contributed by atoms with van der Waals surface area (Å²) in [6.07, 6.45) is 0.714. The Morgan fingerprint density at radius 3 is 2.62 bits per heavy atom. The molecule has 1 amide bonds. The van der Waals surface area contributed by atoms with Gasteiger partial charge in [-0.15, -0.1) is 0 Å². The summed E-state index contributed by atoms with van der Waals surface area (Å²) in [4.78, 5) is 17.9. The van der Waals surface area contributed by atoms with E-state index in [0.717, 1.165) is 11.1 Å². The van der Waals surface area contributed by atoms with Crippen LogP contribution in [-0.4, -0.2) is 36.1 Å². The number of fused-ring (bicyclic) bond motifs is 1. The Hall–Kier alpha value is -3.04. The average molecular weight is 411 g/mol. The van der Waals surface area contributed by atoms with Crippen LogP contribution >= 0.6 is 0 Å². The van der Waals surface area contributed by atoms with Gasteiger partial charge in [-0.1, -0.05) is 36.4 Å². The number of nitrogens with one attached hydrogen (secondary N) is 2. The first-order valence-corrected chi connectivity index (χ1v) is 10.7. The van der Waals surface area contributed by atoms with E-state index < -0.39 is 16.1 Å². The molecule has 1 aliphatic heterocycles. The number of anilines is 1. The Morgan fingerprint density at radius 1 is 1.21 bits per heavy atom. The molecule has 0 fully saturated rings. The van der Waals surface area contributed by atoms with E-state index >= 15 is 0 Å². The van der Waals surface area contributed by atoms with Crippen molar-refractivity contribution in [3.8, 4) is 0 Å². The van der Waals surface area contributed by atoms with E-state index in [4.69, 9.17) is 0 Å². The van der Waals surface area contributed by atoms with Gasteiger partial charge in [-0.25, -0.2) is 13.4 Å². The molecule has 2 aromatic carbocycles. The smallest absolute Gasteiger partial charge is 0.241 e. The predicted octanol–water partition coefficient (Wildman–Crippen LogP) is 2.09. The van der Waals surface area contributed by atoms with Gasteiger partial charge in [-0.05, 0) is 36.6 Å². The number of aromatic nitrogens is 3. The number of aryl methyl sites for hydroxylation is 1. The van der Waals surface area contributed by atoms with E-state index in [1.165, 1.54) is 6.92 Å². The highest BCUT2D eigenvalue weighted by atomic mass is 32.2. The highest BCUT2D eigenvalue weighted by Gasteiger charge is 2.29. The third kappa shape index (κ3) is 3.79. The monoisotopic (exact) mass is 411 g/mol. The summed E-state index contributed by atoms with van der Waals surface area (Å²) < 4.78 is 29.1. The van der Waals surface area contributed by atoms with Crippen molar-refractivity contribution < 1.29 is 13.2 Å². The lowest BCUT2D eigenvalue weighted by Crippen LogP contribution is -2.30. The van der Waals surface area contributed by atoms with Gasteiger partial charge in [0, 0.05) is 19.2 Å². The first-order chi connectivity index (χ1) is 13.8. The molecule has 9 heteroatoms. The Morgan fingerprint density at radius 2 is 1.97 bits per heavy atom. The maximum atomic E-state index is 13.2. The molecule has 0 spiro atoms. The maximum Gasteiger partial charge on any atom is 0.241 e. The largest absolute Gasteiger partial charge is 0.312 e. The molecule has 0 radical (unpaired) electrons. The topological polar surface area (TPSA) is 108 Å². The molecule has 29 heavy (non-hydrogen) atoms. The normalized spacial score (nSPS) is 14.6. The number of sulfonamides is 1. The molecule has 150 valence electrons. The second-order valence-electron chi connectivity index (χ2n) is 6.96. The van der Waals surface area contributed by atoms with Crippen LogP contribution in [0.25, 0.3) is 0 Å². The van der Waals surface area contributed by atoms with Crippen molar-refractivity contribution >= 4 is 21.6 Å². The van der Waals surface area contributed by atoms with Crippen molar-refractivity contribution in [3.05, 3.63) is 71.3 Å². The molecule has 1 atom stereocenters. The third-order valence-corrected chi connectivity index (χ3v) is 6.34. The average Bonchev–Trinajstić information content (AvgIpc) is 3.32. The number of nitrogens with zero attached hydrogens (tertiary/aromatic N) is 3. The summed E-state index contributed by atoms with van der Waals surface area (Å²) in [7, 11) is -3.90. The first kappa shape index (κ1) is 19.3. The lowest BCUT2D eigenvalue weighted by atomic mass is 10.1. The van der Waals surface area contributed by atoms with Crippen molar-refractivity contribution in [1.82, 2.24) is 19.9 Å². The van der Waals surface area contributed by atoms with E-state index in [9.17, 15) is 13.2 Å². The summed E-state index contributed by atoms with van der Waals surface area (Å²) in [6.45, 7) is 3.79. The molecule has 8 nitrogen and oxygen atoms in total. The number of carbonyl (C=O) groups excluding carboxylic acids is 1. The molecule has 0 saturated heterocycles. The molecular weight excluding hydrogens is 390 g/mol. The minimum Gasteiger partial charge on any atom is -0.312 e. The summed E-state index contributed by atoms with van der Waals surface area (Å²) in [5, 5.41) is 6.90. The molecule has 1 aromatic heterocycles. The van der Waals surface area contributed by atoms with Gasteiger partial charge in [0.2, 0.25) is 15.9 Å². The molecule has 0 saturated carbocycles. The number of amides is 1. The number of rotatable bonds is 5. The molecule has 0 bridgehead atoms. The Kier molecular flexibility index (Phi) is 4.93. The van der Waals surface area contributed by atoms with Crippen LogP contribution in [0.15, 0.2) is 53.4 Å². The fourth-order valence-corrected chi connectivity index (χ4v) is 4.68. The van der Waals surface area contributed by atoms with Crippen LogP contribution in [0.1, 0.15) is 35.7 Å². The second kappa shape index (κ2) is 7.41. The van der Waals surface area contributed by atoms with Crippen LogP contribution in [0.3, 0.4) is 0 Å². The SMILES string of the molecule is CC(=O)N1CCc2ccc(S(=O)(=O)NC(c3ccccc3)c3n[nH]c(C)n3)cc21. The summed E-state index contributed by atoms with van der Waals surface area (Å²) in [5.74, 6) is 0.822. The highest BCUT2D eigenvalue weighted by molar-refractivity contribution is 7.89. The van der Waals surface area contributed by atoms with E-state index in [0.29, 0.717) is 30.3 Å². The van der Waals surface area contributed by atoms with Crippen LogP contribution in [0, 0.1) is 6.92 Å². The molecule has 3 aromatic rings. The minimum absolute atomic E-state index is 0.0950. The Labute approximate surface area is 169 Å². The number of hydrogen-bond donors (Lipinski definition) is 2. The zero-order valence-corrected chi connectivity index (χ0v) is 16.9. The number of carbonyl (C=O) groups is 1. The van der Waals surface area contributed by atoms with Gasteiger partial charge >= 0.3 is 0 Å². The predicted molar refractivity (Wildman–Crippen MR) is 108 cm³/mol. The molecule has 1 aliphatic rings. The van der Waals surface area contributed by atoms with E-state index in [2.05, 4.69) is 19.9 Å². The summed E-state index contributed by atoms with van der Waals surface area (Å²) in [5.41, 5.74) is 2.33. The van der Waals surface area contributed by atoms with Gasteiger partial charge in [0.25, 0.3) is 0 Å². The van der Waals surface area contributed by atoms with Gasteiger partial charge in [-0.3, -0.25) is 9.89 Å². The van der Waals surface area contributed by atoms with Crippen molar-refractivity contribution in [1.29, 1.82) is 0 Å². The standard InChI is InChI=1S/C20H21N5O3S/c1-13-21-20(23-22-13)19(16-6-4-3-5-7-16)24-29(27,28)17-9-8-15-10-11-25(14(2)26)18(15)12-17/h3-9,12,19,24H,10-11H2,1-2H3,(H,21,22,23). The molecule has 2 N–H and O–H groups in total. The van der Waals surface area contributed by atoms with Gasteiger partial charge in [-0.2, -0.15) is 9.82 Å².